The molecule has 3 heteroatoms. The highest BCUT2D eigenvalue weighted by molar-refractivity contribution is 5.65. The van der Waals surface area contributed by atoms with Crippen LogP contribution in [0.4, 0.5) is 4.39 Å². The monoisotopic (exact) mass is 350 g/mol. The number of hydrogen-bond acceptors (Lipinski definition) is 2. The molecule has 0 radical (unpaired) electrons. The molecule has 0 N–H and O–H groups in total. The van der Waals surface area contributed by atoms with Gasteiger partial charge in [0.15, 0.2) is 11.6 Å². The van der Waals surface area contributed by atoms with Crippen LogP contribution < -0.4 is 9.47 Å². The quantitative estimate of drug-likeness (QED) is 0.541. The van der Waals surface area contributed by atoms with Crippen molar-refractivity contribution < 1.29 is 13.9 Å². The van der Waals surface area contributed by atoms with Crippen molar-refractivity contribution in [1.29, 1.82) is 0 Å². The minimum Gasteiger partial charge on any atom is -0.488 e. The largest absolute Gasteiger partial charge is 0.488 e. The summed E-state index contributed by atoms with van der Waals surface area (Å²) < 4.78 is 25.8. The maximum Gasteiger partial charge on any atom is 0.165 e. The van der Waals surface area contributed by atoms with Gasteiger partial charge in [-0.1, -0.05) is 48.5 Å². The van der Waals surface area contributed by atoms with Crippen molar-refractivity contribution in [3.8, 4) is 22.6 Å². The van der Waals surface area contributed by atoms with Crippen LogP contribution in [0.15, 0.2) is 72.8 Å². The molecular weight excluding hydrogens is 327 g/mol. The molecule has 3 rings (SSSR count). The predicted molar refractivity (Wildman–Crippen MR) is 103 cm³/mol. The maximum atomic E-state index is 14.4. The van der Waals surface area contributed by atoms with E-state index in [1.54, 1.807) is 6.07 Å². The Bertz CT molecular complexity index is 850. The Morgan fingerprint density at radius 3 is 2.08 bits per heavy atom. The van der Waals surface area contributed by atoms with E-state index in [0.717, 1.165) is 22.4 Å². The summed E-state index contributed by atoms with van der Waals surface area (Å²) in [6, 6.07) is 22.4. The van der Waals surface area contributed by atoms with Gasteiger partial charge in [0.1, 0.15) is 18.0 Å². The first-order valence-electron chi connectivity index (χ1n) is 8.66. The van der Waals surface area contributed by atoms with Crippen LogP contribution in [0.5, 0.6) is 11.5 Å². The highest BCUT2D eigenvalue weighted by Crippen LogP contribution is 2.28. The van der Waals surface area contributed by atoms with E-state index in [2.05, 4.69) is 0 Å². The van der Waals surface area contributed by atoms with Gasteiger partial charge >= 0.3 is 0 Å². The van der Waals surface area contributed by atoms with Gasteiger partial charge in [-0.2, -0.15) is 0 Å². The van der Waals surface area contributed by atoms with Gasteiger partial charge in [-0.25, -0.2) is 4.39 Å². The lowest BCUT2D eigenvalue weighted by atomic mass is 10.1. The Kier molecular flexibility index (Phi) is 5.27. The zero-order valence-electron chi connectivity index (χ0n) is 15.3. The molecule has 0 spiro atoms. The first-order chi connectivity index (χ1) is 12.4. The van der Waals surface area contributed by atoms with E-state index in [0.29, 0.717) is 6.61 Å². The highest BCUT2D eigenvalue weighted by Gasteiger charge is 2.12. The Balaban J connectivity index is 1.70. The third-order valence-electron chi connectivity index (χ3n) is 3.78. The van der Waals surface area contributed by atoms with Crippen molar-refractivity contribution in [1.82, 2.24) is 0 Å². The Morgan fingerprint density at radius 1 is 0.808 bits per heavy atom. The molecular formula is C23H23FO2. The Morgan fingerprint density at radius 2 is 1.46 bits per heavy atom. The van der Waals surface area contributed by atoms with E-state index in [-0.39, 0.29) is 17.2 Å². The summed E-state index contributed by atoms with van der Waals surface area (Å²) in [7, 11) is 0. The zero-order chi connectivity index (χ0) is 18.6. The fraction of sp³-hybridized carbons (Fsp3) is 0.217. The number of benzene rings is 3. The molecule has 26 heavy (non-hydrogen) atoms. The third kappa shape index (κ3) is 4.85. The van der Waals surface area contributed by atoms with Gasteiger partial charge in [0.05, 0.1) is 0 Å². The fourth-order valence-corrected chi connectivity index (χ4v) is 2.60. The second kappa shape index (κ2) is 7.61. The minimum atomic E-state index is -0.367. The maximum absolute atomic E-state index is 14.4. The molecule has 0 aromatic heterocycles. The summed E-state index contributed by atoms with van der Waals surface area (Å²) in [5, 5.41) is 0. The average Bonchev–Trinajstić information content (AvgIpc) is 2.61. The zero-order valence-corrected chi connectivity index (χ0v) is 15.3. The summed E-state index contributed by atoms with van der Waals surface area (Å²) in [6.45, 7) is 6.36. The molecule has 0 atom stereocenters. The molecule has 0 heterocycles. The van der Waals surface area contributed by atoms with Crippen molar-refractivity contribution in [2.24, 2.45) is 0 Å². The van der Waals surface area contributed by atoms with Crippen molar-refractivity contribution in [2.75, 3.05) is 0 Å². The lowest BCUT2D eigenvalue weighted by molar-refractivity contribution is 0.131. The van der Waals surface area contributed by atoms with E-state index >= 15 is 0 Å². The molecule has 0 aliphatic heterocycles. The van der Waals surface area contributed by atoms with E-state index in [9.17, 15) is 4.39 Å². The van der Waals surface area contributed by atoms with E-state index < -0.39 is 0 Å². The van der Waals surface area contributed by atoms with Crippen molar-refractivity contribution in [3.63, 3.8) is 0 Å². The van der Waals surface area contributed by atoms with Crippen LogP contribution in [-0.4, -0.2) is 5.60 Å². The fourth-order valence-electron chi connectivity index (χ4n) is 2.60. The van der Waals surface area contributed by atoms with Gasteiger partial charge in [0.25, 0.3) is 0 Å². The number of ether oxygens (including phenoxy) is 2. The standard InChI is InChI=1S/C23H23FO2/c1-23(2,3)26-20-12-9-18(10-13-20)19-11-14-22(21(24)15-19)25-16-17-7-5-4-6-8-17/h4-15H,16H2,1-3H3. The van der Waals surface area contributed by atoms with Gasteiger partial charge in [-0.05, 0) is 61.7 Å². The molecule has 3 aromatic carbocycles. The van der Waals surface area contributed by atoms with E-state index in [4.69, 9.17) is 9.47 Å². The summed E-state index contributed by atoms with van der Waals surface area (Å²) >= 11 is 0. The molecule has 0 unspecified atom stereocenters. The molecule has 0 aliphatic carbocycles. The van der Waals surface area contributed by atoms with Crippen molar-refractivity contribution >= 4 is 0 Å². The van der Waals surface area contributed by atoms with E-state index in [1.807, 2.05) is 81.4 Å². The Hall–Kier alpha value is -2.81. The second-order valence-corrected chi connectivity index (χ2v) is 7.16. The van der Waals surface area contributed by atoms with Crippen LogP contribution in [0.25, 0.3) is 11.1 Å². The van der Waals surface area contributed by atoms with Crippen molar-refractivity contribution in [3.05, 3.63) is 84.2 Å². The molecule has 0 saturated carbocycles. The molecule has 0 bridgehead atoms. The Labute approximate surface area is 154 Å². The van der Waals surface area contributed by atoms with E-state index in [1.165, 1.54) is 6.07 Å². The van der Waals surface area contributed by atoms with Crippen molar-refractivity contribution in [2.45, 2.75) is 33.0 Å². The summed E-state index contributed by atoms with van der Waals surface area (Å²) in [5.41, 5.74) is 2.49. The lowest BCUT2D eigenvalue weighted by Gasteiger charge is -2.21. The van der Waals surface area contributed by atoms with Crippen LogP contribution >= 0.6 is 0 Å². The lowest BCUT2D eigenvalue weighted by Crippen LogP contribution is -2.22. The van der Waals surface area contributed by atoms with Gasteiger partial charge in [0.2, 0.25) is 0 Å². The molecule has 0 amide bonds. The third-order valence-corrected chi connectivity index (χ3v) is 3.78. The minimum absolute atomic E-state index is 0.245. The highest BCUT2D eigenvalue weighted by atomic mass is 19.1. The number of rotatable bonds is 5. The molecule has 134 valence electrons. The van der Waals surface area contributed by atoms with Gasteiger partial charge < -0.3 is 9.47 Å². The molecule has 2 nitrogen and oxygen atoms in total. The molecule has 0 fully saturated rings. The van der Waals surface area contributed by atoms with Crippen LogP contribution in [0.2, 0.25) is 0 Å². The van der Waals surface area contributed by atoms with Gasteiger partial charge in [-0.3, -0.25) is 0 Å². The summed E-state index contributed by atoms with van der Waals surface area (Å²) in [4.78, 5) is 0. The predicted octanol–water partition coefficient (Wildman–Crippen LogP) is 6.25. The summed E-state index contributed by atoms with van der Waals surface area (Å²) in [6.07, 6.45) is 0. The topological polar surface area (TPSA) is 18.5 Å². The van der Waals surface area contributed by atoms with Gasteiger partial charge in [-0.15, -0.1) is 0 Å². The molecule has 0 saturated heterocycles. The van der Waals surface area contributed by atoms with Crippen LogP contribution in [0.3, 0.4) is 0 Å². The summed E-state index contributed by atoms with van der Waals surface area (Å²) in [5.74, 6) is 0.684. The first-order valence-corrected chi connectivity index (χ1v) is 8.66. The van der Waals surface area contributed by atoms with Gasteiger partial charge in [0, 0.05) is 0 Å². The molecule has 3 aromatic rings. The first kappa shape index (κ1) is 18.0. The van der Waals surface area contributed by atoms with Crippen LogP contribution in [-0.2, 0) is 6.61 Å². The second-order valence-electron chi connectivity index (χ2n) is 7.16. The average molecular weight is 350 g/mol. The normalized spacial score (nSPS) is 11.2. The number of halogens is 1. The smallest absolute Gasteiger partial charge is 0.165 e. The van der Waals surface area contributed by atoms with Crippen LogP contribution in [0, 0.1) is 5.82 Å². The molecule has 0 aliphatic rings. The number of hydrogen-bond donors (Lipinski definition) is 0. The van der Waals surface area contributed by atoms with Crippen LogP contribution in [0.1, 0.15) is 26.3 Å². The SMILES string of the molecule is CC(C)(C)Oc1ccc(-c2ccc(OCc3ccccc3)c(F)c2)cc1.